The number of rotatable bonds is 0. The predicted octanol–water partition coefficient (Wildman–Crippen LogP) is 2.05. The van der Waals surface area contributed by atoms with Crippen LogP contribution in [0.15, 0.2) is 34.2 Å². The van der Waals surface area contributed by atoms with E-state index < -0.39 is 10.5 Å². The standard InChI is InChI=1S/C8H5NOS/c10-6-11-5-9-7-3-1-2-4-8(7)11/h1-5H. The number of nitrogens with zero attached hydrogens (tertiary/aromatic N) is 1. The summed E-state index contributed by atoms with van der Waals surface area (Å²) < 4.78 is 0. The van der Waals surface area contributed by atoms with Crippen LogP contribution in [0.25, 0.3) is 0 Å². The molecule has 2 nitrogen and oxygen atoms in total. The number of benzene rings is 1. The van der Waals surface area contributed by atoms with Gasteiger partial charge in [-0.05, 0) is 22.6 Å². The van der Waals surface area contributed by atoms with E-state index in [9.17, 15) is 4.79 Å². The van der Waals surface area contributed by atoms with Gasteiger partial charge in [0, 0.05) is 4.90 Å². The Morgan fingerprint density at radius 1 is 1.36 bits per heavy atom. The second kappa shape index (κ2) is 2.46. The molecule has 0 fully saturated rings. The molecule has 1 unspecified atom stereocenters. The summed E-state index contributed by atoms with van der Waals surface area (Å²) in [7, 11) is -0.506. The molecule has 1 atom stereocenters. The zero-order valence-corrected chi connectivity index (χ0v) is 6.47. The van der Waals surface area contributed by atoms with Crippen molar-refractivity contribution in [2.45, 2.75) is 4.90 Å². The normalized spacial score (nSPS) is 19.5. The van der Waals surface area contributed by atoms with Gasteiger partial charge in [-0.2, -0.15) is 0 Å². The number of para-hydroxylation sites is 1. The second-order valence-corrected chi connectivity index (χ2v) is 3.62. The highest BCUT2D eigenvalue weighted by atomic mass is 32.2. The Morgan fingerprint density at radius 3 is 3.00 bits per heavy atom. The van der Waals surface area contributed by atoms with Crippen LogP contribution in [-0.2, 0) is 4.79 Å². The van der Waals surface area contributed by atoms with Crippen LogP contribution >= 0.6 is 10.5 Å². The Kier molecular flexibility index (Phi) is 1.46. The van der Waals surface area contributed by atoms with E-state index in [1.54, 1.807) is 5.55 Å². The number of hydrogen-bond acceptors (Lipinski definition) is 2. The molecule has 0 aliphatic carbocycles. The van der Waals surface area contributed by atoms with Gasteiger partial charge < -0.3 is 0 Å². The third kappa shape index (κ3) is 0.946. The minimum Gasteiger partial charge on any atom is -0.248 e. The Hall–Kier alpha value is -1.18. The van der Waals surface area contributed by atoms with Crippen molar-refractivity contribution in [3.63, 3.8) is 0 Å². The van der Waals surface area contributed by atoms with Gasteiger partial charge in [0.1, 0.15) is 0 Å². The molecule has 1 aliphatic rings. The Bertz CT molecular complexity index is 377. The summed E-state index contributed by atoms with van der Waals surface area (Å²) >= 11 is 0. The van der Waals surface area contributed by atoms with Crippen molar-refractivity contribution in [1.29, 1.82) is 0 Å². The van der Waals surface area contributed by atoms with Crippen molar-refractivity contribution in [2.24, 2.45) is 4.99 Å². The summed E-state index contributed by atoms with van der Waals surface area (Å²) in [6.07, 6.45) is 0. The van der Waals surface area contributed by atoms with Crippen LogP contribution < -0.4 is 0 Å². The lowest BCUT2D eigenvalue weighted by Crippen LogP contribution is -1.67. The smallest absolute Gasteiger partial charge is 0.166 e. The van der Waals surface area contributed by atoms with E-state index in [0.29, 0.717) is 0 Å². The number of hydrogen-bond donors (Lipinski definition) is 0. The summed E-state index contributed by atoms with van der Waals surface area (Å²) in [6, 6.07) is 7.63. The maximum atomic E-state index is 10.4. The van der Waals surface area contributed by atoms with Gasteiger partial charge in [0.15, 0.2) is 5.23 Å². The van der Waals surface area contributed by atoms with Crippen LogP contribution in [-0.4, -0.2) is 10.8 Å². The van der Waals surface area contributed by atoms with Crippen LogP contribution in [0.4, 0.5) is 5.69 Å². The molecular formula is C8H5NOS. The molecule has 0 radical (unpaired) electrons. The van der Waals surface area contributed by atoms with Crippen LogP contribution in [0.2, 0.25) is 0 Å². The quantitative estimate of drug-likeness (QED) is 0.538. The minimum atomic E-state index is -0.506. The molecule has 0 saturated carbocycles. The molecule has 0 N–H and O–H groups in total. The van der Waals surface area contributed by atoms with Gasteiger partial charge >= 0.3 is 0 Å². The van der Waals surface area contributed by atoms with Gasteiger partial charge in [-0.3, -0.25) is 0 Å². The van der Waals surface area contributed by atoms with E-state index in [0.717, 1.165) is 10.6 Å². The van der Waals surface area contributed by atoms with Crippen LogP contribution in [0.5, 0.6) is 0 Å². The molecule has 1 aromatic carbocycles. The molecule has 0 spiro atoms. The summed E-state index contributed by atoms with van der Waals surface area (Å²) in [5, 5.41) is 1.95. The van der Waals surface area contributed by atoms with Crippen molar-refractivity contribution < 1.29 is 4.79 Å². The molecule has 0 saturated heterocycles. The lowest BCUT2D eigenvalue weighted by molar-refractivity contribution is 0.572. The van der Waals surface area contributed by atoms with Gasteiger partial charge in [-0.25, -0.2) is 9.79 Å². The lowest BCUT2D eigenvalue weighted by atomic mass is 10.3. The molecule has 1 aromatic rings. The maximum absolute atomic E-state index is 10.4. The fourth-order valence-corrected chi connectivity index (χ4v) is 2.02. The molecule has 3 heteroatoms. The zero-order valence-electron chi connectivity index (χ0n) is 5.65. The number of fused-ring (bicyclic) bond motifs is 1. The second-order valence-electron chi connectivity index (χ2n) is 2.12. The molecular weight excluding hydrogens is 158 g/mol. The minimum absolute atomic E-state index is 0.506. The average Bonchev–Trinajstić information content (AvgIpc) is 2.47. The highest BCUT2D eigenvalue weighted by Crippen LogP contribution is 2.37. The summed E-state index contributed by atoms with van der Waals surface area (Å²) in [6.45, 7) is 0. The fourth-order valence-electron chi connectivity index (χ4n) is 0.982. The van der Waals surface area contributed by atoms with Gasteiger partial charge in [-0.15, -0.1) is 0 Å². The predicted molar refractivity (Wildman–Crippen MR) is 46.1 cm³/mol. The number of carbonyl (C=O) groups excluding carboxylic acids is 1. The Balaban J connectivity index is 2.72. The molecule has 2 rings (SSSR count). The zero-order chi connectivity index (χ0) is 7.68. The fraction of sp³-hybridized carbons (Fsp3) is 0. The van der Waals surface area contributed by atoms with E-state index >= 15 is 0 Å². The molecule has 0 amide bonds. The Labute approximate surface area is 66.5 Å². The SMILES string of the molecule is O=C=S1C=Nc2ccccc21. The largest absolute Gasteiger partial charge is 0.248 e. The van der Waals surface area contributed by atoms with E-state index in [2.05, 4.69) is 4.99 Å². The van der Waals surface area contributed by atoms with E-state index in [-0.39, 0.29) is 0 Å². The van der Waals surface area contributed by atoms with Crippen molar-refractivity contribution in [3.8, 4) is 0 Å². The average molecular weight is 163 g/mol. The van der Waals surface area contributed by atoms with Crippen LogP contribution in [0.3, 0.4) is 0 Å². The van der Waals surface area contributed by atoms with Crippen LogP contribution in [0.1, 0.15) is 0 Å². The van der Waals surface area contributed by atoms with Gasteiger partial charge in [0.25, 0.3) is 0 Å². The van der Waals surface area contributed by atoms with Gasteiger partial charge in [-0.1, -0.05) is 12.1 Å². The highest BCUT2D eigenvalue weighted by Gasteiger charge is 2.09. The Morgan fingerprint density at radius 2 is 2.18 bits per heavy atom. The summed E-state index contributed by atoms with van der Waals surface area (Å²) in [5.41, 5.74) is 2.55. The molecule has 0 bridgehead atoms. The summed E-state index contributed by atoms with van der Waals surface area (Å²) in [5.74, 6) is 0. The first-order chi connectivity index (χ1) is 5.42. The number of aliphatic imine (C=N–C) groups is 1. The first kappa shape index (κ1) is 6.53. The van der Waals surface area contributed by atoms with Crippen molar-refractivity contribution in [3.05, 3.63) is 24.3 Å². The van der Waals surface area contributed by atoms with E-state index in [1.807, 2.05) is 29.5 Å². The highest BCUT2D eigenvalue weighted by molar-refractivity contribution is 8.26. The van der Waals surface area contributed by atoms with Gasteiger partial charge in [0.2, 0.25) is 0 Å². The van der Waals surface area contributed by atoms with Crippen LogP contribution in [0, 0.1) is 0 Å². The van der Waals surface area contributed by atoms with Gasteiger partial charge in [0.05, 0.1) is 11.2 Å². The van der Waals surface area contributed by atoms with E-state index in [1.165, 1.54) is 0 Å². The first-order valence-electron chi connectivity index (χ1n) is 3.16. The lowest BCUT2D eigenvalue weighted by Gasteiger charge is -1.92. The monoisotopic (exact) mass is 163 g/mol. The van der Waals surface area contributed by atoms with Crippen molar-refractivity contribution in [1.82, 2.24) is 0 Å². The summed E-state index contributed by atoms with van der Waals surface area (Å²) in [4.78, 5) is 15.4. The molecule has 1 aliphatic heterocycles. The third-order valence-electron chi connectivity index (χ3n) is 1.49. The third-order valence-corrected chi connectivity index (χ3v) is 2.80. The molecule has 1 heterocycles. The molecule has 0 aromatic heterocycles. The first-order valence-corrected chi connectivity index (χ1v) is 4.45. The van der Waals surface area contributed by atoms with Crippen molar-refractivity contribution in [2.75, 3.05) is 0 Å². The topological polar surface area (TPSA) is 29.4 Å². The van der Waals surface area contributed by atoms with E-state index in [4.69, 9.17) is 0 Å². The maximum Gasteiger partial charge on any atom is 0.166 e. The molecule has 54 valence electrons. The molecule has 11 heavy (non-hydrogen) atoms. The van der Waals surface area contributed by atoms with Crippen molar-refractivity contribution >= 4 is 27.0 Å².